The van der Waals surface area contributed by atoms with E-state index in [2.05, 4.69) is 27.5 Å². The summed E-state index contributed by atoms with van der Waals surface area (Å²) < 4.78 is 0. The predicted octanol–water partition coefficient (Wildman–Crippen LogP) is 3.60. The Morgan fingerprint density at radius 1 is 1.39 bits per heavy atom. The summed E-state index contributed by atoms with van der Waals surface area (Å²) in [6.45, 7) is 0. The molecule has 0 spiro atoms. The number of halogens is 1. The highest BCUT2D eigenvalue weighted by molar-refractivity contribution is 9.08. The van der Waals surface area contributed by atoms with Crippen LogP contribution in [0.15, 0.2) is 24.3 Å². The van der Waals surface area contributed by atoms with Crippen molar-refractivity contribution in [2.45, 2.75) is 35.9 Å². The number of amides is 1. The Morgan fingerprint density at radius 2 is 2.11 bits per heavy atom. The van der Waals surface area contributed by atoms with Crippen molar-refractivity contribution in [3.63, 3.8) is 0 Å². The Bertz CT molecular complexity index is 407. The topological polar surface area (TPSA) is 29.1 Å². The fourth-order valence-corrected chi connectivity index (χ4v) is 3.68. The van der Waals surface area contributed by atoms with E-state index in [0.717, 1.165) is 17.3 Å². The molecule has 0 heterocycles. The second kappa shape index (κ2) is 6.62. The molecule has 4 heteroatoms. The van der Waals surface area contributed by atoms with Crippen molar-refractivity contribution in [2.24, 2.45) is 0 Å². The van der Waals surface area contributed by atoms with E-state index in [-0.39, 0.29) is 5.91 Å². The monoisotopic (exact) mass is 327 g/mol. The first-order valence-electron chi connectivity index (χ1n) is 6.23. The van der Waals surface area contributed by atoms with Gasteiger partial charge in [-0.05, 0) is 36.8 Å². The molecular formula is C14H18BrNOS. The Morgan fingerprint density at radius 3 is 2.72 bits per heavy atom. The summed E-state index contributed by atoms with van der Waals surface area (Å²) in [4.78, 5) is 12.1. The Hall–Kier alpha value is -0.480. The van der Waals surface area contributed by atoms with E-state index in [0.29, 0.717) is 11.3 Å². The van der Waals surface area contributed by atoms with Crippen molar-refractivity contribution in [3.8, 4) is 0 Å². The summed E-state index contributed by atoms with van der Waals surface area (Å²) in [6, 6.07) is 8.11. The smallest absolute Gasteiger partial charge is 0.251 e. The van der Waals surface area contributed by atoms with Gasteiger partial charge in [-0.2, -0.15) is 11.8 Å². The molecule has 0 bridgehead atoms. The maximum atomic E-state index is 12.1. The number of thioether (sulfide) groups is 1. The van der Waals surface area contributed by atoms with E-state index >= 15 is 0 Å². The van der Waals surface area contributed by atoms with Crippen LogP contribution in [-0.4, -0.2) is 23.5 Å². The van der Waals surface area contributed by atoms with Crippen molar-refractivity contribution in [3.05, 3.63) is 35.4 Å². The minimum atomic E-state index is 0.0575. The number of carbonyl (C=O) groups excluding carboxylic acids is 1. The van der Waals surface area contributed by atoms with Crippen LogP contribution in [0.2, 0.25) is 0 Å². The third kappa shape index (κ3) is 3.29. The number of carbonyl (C=O) groups is 1. The van der Waals surface area contributed by atoms with E-state index in [9.17, 15) is 4.79 Å². The summed E-state index contributed by atoms with van der Waals surface area (Å²) in [5.74, 6) is 0.0575. The van der Waals surface area contributed by atoms with E-state index in [4.69, 9.17) is 0 Å². The lowest BCUT2D eigenvalue weighted by atomic mass is 10.1. The number of rotatable bonds is 4. The van der Waals surface area contributed by atoms with Gasteiger partial charge in [0.05, 0.1) is 0 Å². The Balaban J connectivity index is 1.98. The number of alkyl halides is 1. The molecule has 2 atom stereocenters. The van der Waals surface area contributed by atoms with Gasteiger partial charge in [0, 0.05) is 22.2 Å². The first-order chi connectivity index (χ1) is 8.74. The molecule has 1 N–H and O–H groups in total. The zero-order valence-electron chi connectivity index (χ0n) is 10.5. The number of nitrogens with one attached hydrogen (secondary N) is 1. The highest BCUT2D eigenvalue weighted by Gasteiger charge is 2.27. The minimum absolute atomic E-state index is 0.0575. The van der Waals surface area contributed by atoms with Gasteiger partial charge in [0.2, 0.25) is 0 Å². The van der Waals surface area contributed by atoms with Crippen LogP contribution in [0.25, 0.3) is 0 Å². The first-order valence-corrected chi connectivity index (χ1v) is 8.64. The molecule has 0 aliphatic heterocycles. The second-order valence-corrected chi connectivity index (χ2v) is 6.25. The molecule has 1 aliphatic carbocycles. The highest BCUT2D eigenvalue weighted by Crippen LogP contribution is 2.28. The van der Waals surface area contributed by atoms with Crippen LogP contribution in [0, 0.1) is 0 Å². The third-order valence-electron chi connectivity index (χ3n) is 3.44. The number of hydrogen-bond acceptors (Lipinski definition) is 2. The minimum Gasteiger partial charge on any atom is -0.348 e. The van der Waals surface area contributed by atoms with Crippen molar-refractivity contribution >= 4 is 33.6 Å². The molecule has 0 aromatic heterocycles. The molecule has 1 amide bonds. The molecular weight excluding hydrogens is 310 g/mol. The second-order valence-electron chi connectivity index (χ2n) is 4.62. The van der Waals surface area contributed by atoms with Crippen LogP contribution in [0.3, 0.4) is 0 Å². The number of benzene rings is 1. The van der Waals surface area contributed by atoms with Crippen LogP contribution in [0.5, 0.6) is 0 Å². The highest BCUT2D eigenvalue weighted by atomic mass is 79.9. The van der Waals surface area contributed by atoms with Gasteiger partial charge in [-0.3, -0.25) is 4.79 Å². The zero-order chi connectivity index (χ0) is 13.0. The zero-order valence-corrected chi connectivity index (χ0v) is 12.9. The molecule has 0 saturated heterocycles. The first kappa shape index (κ1) is 13.9. The van der Waals surface area contributed by atoms with Crippen LogP contribution in [0.4, 0.5) is 0 Å². The molecule has 1 aromatic rings. The van der Waals surface area contributed by atoms with Crippen LogP contribution < -0.4 is 5.32 Å². The fourth-order valence-electron chi connectivity index (χ4n) is 2.37. The molecule has 1 saturated carbocycles. The van der Waals surface area contributed by atoms with E-state index in [1.807, 2.05) is 36.0 Å². The van der Waals surface area contributed by atoms with Gasteiger partial charge < -0.3 is 5.32 Å². The molecule has 2 rings (SSSR count). The van der Waals surface area contributed by atoms with Crippen molar-refractivity contribution in [2.75, 3.05) is 6.26 Å². The molecule has 1 fully saturated rings. The normalized spacial score (nSPS) is 23.0. The average Bonchev–Trinajstić information content (AvgIpc) is 2.86. The lowest BCUT2D eigenvalue weighted by molar-refractivity contribution is 0.0938. The Kier molecular flexibility index (Phi) is 5.13. The van der Waals surface area contributed by atoms with E-state index in [1.165, 1.54) is 18.4 Å². The molecule has 98 valence electrons. The lowest BCUT2D eigenvalue weighted by Crippen LogP contribution is -2.38. The standard InChI is InChI=1S/C14H18BrNOS/c1-18-13-4-2-3-12(13)16-14(17)11-7-5-10(9-15)6-8-11/h5-8,12-13H,2-4,9H2,1H3,(H,16,17). The van der Waals surface area contributed by atoms with Gasteiger partial charge in [-0.1, -0.05) is 34.5 Å². The summed E-state index contributed by atoms with van der Waals surface area (Å²) >= 11 is 5.27. The molecule has 2 unspecified atom stereocenters. The van der Waals surface area contributed by atoms with Crippen LogP contribution in [-0.2, 0) is 5.33 Å². The fraction of sp³-hybridized carbons (Fsp3) is 0.500. The van der Waals surface area contributed by atoms with Gasteiger partial charge >= 0.3 is 0 Å². The van der Waals surface area contributed by atoms with Crippen LogP contribution >= 0.6 is 27.7 Å². The average molecular weight is 328 g/mol. The largest absolute Gasteiger partial charge is 0.348 e. The molecule has 1 aromatic carbocycles. The lowest BCUT2D eigenvalue weighted by Gasteiger charge is -2.19. The Labute approximate surface area is 121 Å². The quantitative estimate of drug-likeness (QED) is 0.856. The van der Waals surface area contributed by atoms with Crippen LogP contribution in [0.1, 0.15) is 35.2 Å². The summed E-state index contributed by atoms with van der Waals surface area (Å²) in [7, 11) is 0. The number of hydrogen-bond donors (Lipinski definition) is 1. The summed E-state index contributed by atoms with van der Waals surface area (Å²) in [5.41, 5.74) is 1.95. The van der Waals surface area contributed by atoms with Gasteiger partial charge in [-0.25, -0.2) is 0 Å². The van der Waals surface area contributed by atoms with E-state index < -0.39 is 0 Å². The predicted molar refractivity (Wildman–Crippen MR) is 81.5 cm³/mol. The summed E-state index contributed by atoms with van der Waals surface area (Å²) in [5, 5.41) is 4.57. The third-order valence-corrected chi connectivity index (χ3v) is 5.26. The van der Waals surface area contributed by atoms with Crippen molar-refractivity contribution in [1.82, 2.24) is 5.32 Å². The molecule has 2 nitrogen and oxygen atoms in total. The maximum Gasteiger partial charge on any atom is 0.251 e. The molecule has 0 radical (unpaired) electrons. The van der Waals surface area contributed by atoms with Gasteiger partial charge in [0.1, 0.15) is 0 Å². The summed E-state index contributed by atoms with van der Waals surface area (Å²) in [6.07, 6.45) is 5.67. The van der Waals surface area contributed by atoms with Crippen molar-refractivity contribution < 1.29 is 4.79 Å². The maximum absolute atomic E-state index is 12.1. The molecule has 1 aliphatic rings. The van der Waals surface area contributed by atoms with Gasteiger partial charge in [0.15, 0.2) is 0 Å². The van der Waals surface area contributed by atoms with Crippen molar-refractivity contribution in [1.29, 1.82) is 0 Å². The SMILES string of the molecule is CSC1CCCC1NC(=O)c1ccc(CBr)cc1. The van der Waals surface area contributed by atoms with E-state index in [1.54, 1.807) is 0 Å². The van der Waals surface area contributed by atoms with Gasteiger partial charge in [-0.15, -0.1) is 0 Å². The van der Waals surface area contributed by atoms with Gasteiger partial charge in [0.25, 0.3) is 5.91 Å². The molecule has 18 heavy (non-hydrogen) atoms.